The number of hydrogen-bond acceptors (Lipinski definition) is 1. The smallest absolute Gasteiger partial charge is 0.168 e. The van der Waals surface area contributed by atoms with E-state index in [2.05, 4.69) is 23.6 Å². The molecule has 0 spiro atoms. The van der Waals surface area contributed by atoms with Gasteiger partial charge in [0.2, 0.25) is 0 Å². The Kier molecular flexibility index (Phi) is 3.61. The number of rotatable bonds is 1. The van der Waals surface area contributed by atoms with Crippen LogP contribution in [-0.2, 0) is 0 Å². The van der Waals surface area contributed by atoms with E-state index in [1.165, 1.54) is 10.4 Å². The summed E-state index contributed by atoms with van der Waals surface area (Å²) in [6.07, 6.45) is 0. The highest BCUT2D eigenvalue weighted by molar-refractivity contribution is 7.80. The van der Waals surface area contributed by atoms with Crippen molar-refractivity contribution in [1.82, 2.24) is 0 Å². The van der Waals surface area contributed by atoms with Gasteiger partial charge < -0.3 is 11.1 Å². The van der Waals surface area contributed by atoms with Crippen molar-refractivity contribution < 1.29 is 0 Å². The molecule has 0 heterocycles. The maximum Gasteiger partial charge on any atom is 0.168 e. The standard InChI is InChI=1S/C7H8N2S.C6H3Cl/c8-7(10)9-6-4-2-1-3-5-6;7-6-3-4-1-2-5(4)6/h1-5H,(H3,8,9,10);1-3H. The summed E-state index contributed by atoms with van der Waals surface area (Å²) in [5.74, 6) is 0. The van der Waals surface area contributed by atoms with Crippen molar-refractivity contribution in [3.05, 3.63) is 64.0 Å². The molecular weight excluding hydrogens is 252 g/mol. The highest BCUT2D eigenvalue weighted by atomic mass is 35.5. The van der Waals surface area contributed by atoms with E-state index in [-0.39, 0.29) is 0 Å². The topological polar surface area (TPSA) is 38.0 Å². The van der Waals surface area contributed by atoms with Gasteiger partial charge in [-0.05, 0) is 35.6 Å². The molecule has 2 nitrogen and oxygen atoms in total. The molecule has 4 heteroatoms. The van der Waals surface area contributed by atoms with Crippen molar-refractivity contribution in [2.75, 3.05) is 5.32 Å². The predicted octanol–water partition coefficient (Wildman–Crippen LogP) is 3.28. The van der Waals surface area contributed by atoms with Crippen LogP contribution in [0.3, 0.4) is 0 Å². The Morgan fingerprint density at radius 1 is 1.12 bits per heavy atom. The normalized spacial score (nSPS) is 9.94. The Morgan fingerprint density at radius 3 is 2.12 bits per heavy atom. The Morgan fingerprint density at radius 2 is 1.82 bits per heavy atom. The van der Waals surface area contributed by atoms with Crippen LogP contribution in [0, 0.1) is 10.4 Å². The molecule has 86 valence electrons. The Hall–Kier alpha value is -1.58. The lowest BCUT2D eigenvalue weighted by atomic mass is 10.1. The van der Waals surface area contributed by atoms with Gasteiger partial charge >= 0.3 is 0 Å². The number of benzene rings is 2. The average molecular weight is 263 g/mol. The lowest BCUT2D eigenvalue weighted by Gasteiger charge is -2.01. The van der Waals surface area contributed by atoms with Gasteiger partial charge in [-0.3, -0.25) is 0 Å². The van der Waals surface area contributed by atoms with Crippen molar-refractivity contribution in [3.63, 3.8) is 0 Å². The van der Waals surface area contributed by atoms with Crippen molar-refractivity contribution >= 4 is 34.6 Å². The summed E-state index contributed by atoms with van der Waals surface area (Å²) >= 11 is 10.2. The third-order valence-corrected chi connectivity index (χ3v) is 2.74. The highest BCUT2D eigenvalue weighted by Gasteiger charge is 1.99. The number of nitrogens with two attached hydrogens (primary N) is 1. The molecule has 1 aromatic carbocycles. The second kappa shape index (κ2) is 5.17. The molecule has 0 aromatic heterocycles. The molecule has 0 radical (unpaired) electrons. The third kappa shape index (κ3) is 2.96. The zero-order valence-electron chi connectivity index (χ0n) is 8.98. The van der Waals surface area contributed by atoms with Gasteiger partial charge in [-0.25, -0.2) is 0 Å². The summed E-state index contributed by atoms with van der Waals surface area (Å²) in [7, 11) is 0. The maximum atomic E-state index is 5.60. The molecule has 0 amide bonds. The molecule has 3 rings (SSSR count). The van der Waals surface area contributed by atoms with Crippen LogP contribution in [0.15, 0.2) is 48.5 Å². The SMILES string of the molecule is Clc1cc2ccc1=2.NC(=S)Nc1ccccc1. The van der Waals surface area contributed by atoms with E-state index in [1.807, 2.05) is 42.5 Å². The second-order valence-corrected chi connectivity index (χ2v) is 4.40. The van der Waals surface area contributed by atoms with Gasteiger partial charge in [0.1, 0.15) is 0 Å². The summed E-state index contributed by atoms with van der Waals surface area (Å²) < 4.78 is 0. The fraction of sp³-hybridized carbons (Fsp3) is 0. The molecule has 0 atom stereocenters. The fourth-order valence-corrected chi connectivity index (χ4v) is 1.81. The molecule has 0 saturated carbocycles. The second-order valence-electron chi connectivity index (χ2n) is 3.55. The van der Waals surface area contributed by atoms with Crippen LogP contribution >= 0.6 is 23.8 Å². The van der Waals surface area contributed by atoms with Crippen LogP contribution in [0.4, 0.5) is 5.69 Å². The van der Waals surface area contributed by atoms with Crippen LogP contribution < -0.4 is 11.1 Å². The largest absolute Gasteiger partial charge is 0.376 e. The van der Waals surface area contributed by atoms with Crippen LogP contribution in [0.25, 0.3) is 0 Å². The van der Waals surface area contributed by atoms with Crippen LogP contribution in [0.1, 0.15) is 0 Å². The maximum absolute atomic E-state index is 5.60. The van der Waals surface area contributed by atoms with Crippen LogP contribution in [0.5, 0.6) is 0 Å². The van der Waals surface area contributed by atoms with Crippen molar-refractivity contribution in [2.45, 2.75) is 0 Å². The van der Waals surface area contributed by atoms with Gasteiger partial charge in [0.25, 0.3) is 0 Å². The third-order valence-electron chi connectivity index (χ3n) is 2.32. The van der Waals surface area contributed by atoms with Gasteiger partial charge in [-0.15, -0.1) is 0 Å². The Labute approximate surface area is 110 Å². The average Bonchev–Trinajstić information content (AvgIpc) is 2.27. The molecule has 0 aliphatic heterocycles. The van der Waals surface area contributed by atoms with Gasteiger partial charge in [-0.1, -0.05) is 41.9 Å². The summed E-state index contributed by atoms with van der Waals surface area (Å²) in [5.41, 5.74) is 6.17. The first-order chi connectivity index (χ1) is 8.16. The summed E-state index contributed by atoms with van der Waals surface area (Å²) in [6, 6.07) is 15.6. The van der Waals surface area contributed by atoms with Crippen molar-refractivity contribution in [1.29, 1.82) is 0 Å². The lowest BCUT2D eigenvalue weighted by molar-refractivity contribution is 1.38. The van der Waals surface area contributed by atoms with E-state index >= 15 is 0 Å². The monoisotopic (exact) mass is 262 g/mol. The molecule has 2 aliphatic carbocycles. The summed E-state index contributed by atoms with van der Waals surface area (Å²) in [6.45, 7) is 0. The predicted molar refractivity (Wildman–Crippen MR) is 76.0 cm³/mol. The zero-order chi connectivity index (χ0) is 12.3. The number of thiocarbonyl (C=S) groups is 1. The first-order valence-electron chi connectivity index (χ1n) is 5.08. The number of hydrogen-bond donors (Lipinski definition) is 2. The zero-order valence-corrected chi connectivity index (χ0v) is 10.6. The lowest BCUT2D eigenvalue weighted by Crippen LogP contribution is -2.18. The van der Waals surface area contributed by atoms with Crippen molar-refractivity contribution in [3.8, 4) is 0 Å². The molecule has 2 aliphatic rings. The minimum Gasteiger partial charge on any atom is -0.376 e. The number of nitrogens with one attached hydrogen (secondary N) is 1. The highest BCUT2D eigenvalue weighted by Crippen LogP contribution is 2.20. The minimum atomic E-state index is 0.297. The van der Waals surface area contributed by atoms with E-state index in [9.17, 15) is 0 Å². The van der Waals surface area contributed by atoms with E-state index in [1.54, 1.807) is 0 Å². The van der Waals surface area contributed by atoms with E-state index in [0.29, 0.717) is 5.11 Å². The molecule has 1 aromatic rings. The molecule has 3 N–H and O–H groups in total. The minimum absolute atomic E-state index is 0.297. The van der Waals surface area contributed by atoms with Gasteiger partial charge in [0, 0.05) is 15.9 Å². The molecular formula is C13H11ClN2S. The van der Waals surface area contributed by atoms with Crippen LogP contribution in [-0.4, -0.2) is 5.11 Å². The number of halogens is 1. The quantitative estimate of drug-likeness (QED) is 0.661. The first-order valence-corrected chi connectivity index (χ1v) is 5.87. The molecule has 0 saturated heterocycles. The van der Waals surface area contributed by atoms with Gasteiger partial charge in [0.15, 0.2) is 5.11 Å². The van der Waals surface area contributed by atoms with Crippen molar-refractivity contribution in [2.24, 2.45) is 5.73 Å². The Bertz CT molecular complexity index is 626. The molecule has 0 fully saturated rings. The van der Waals surface area contributed by atoms with Crippen LogP contribution in [0.2, 0.25) is 5.02 Å². The molecule has 17 heavy (non-hydrogen) atoms. The fourth-order valence-electron chi connectivity index (χ4n) is 1.41. The van der Waals surface area contributed by atoms with Gasteiger partial charge in [-0.2, -0.15) is 0 Å². The summed E-state index contributed by atoms with van der Waals surface area (Å²) in [4.78, 5) is 0. The molecule has 0 bridgehead atoms. The van der Waals surface area contributed by atoms with E-state index in [4.69, 9.17) is 17.3 Å². The number of para-hydroxylation sites is 1. The first kappa shape index (κ1) is 11.9. The molecule has 0 unspecified atom stereocenters. The van der Waals surface area contributed by atoms with E-state index < -0.39 is 0 Å². The van der Waals surface area contributed by atoms with Gasteiger partial charge in [0.05, 0.1) is 0 Å². The van der Waals surface area contributed by atoms with E-state index in [0.717, 1.165) is 10.7 Å². The number of anilines is 1. The Balaban J connectivity index is 0.000000134. The summed E-state index contributed by atoms with van der Waals surface area (Å²) in [5, 5.41) is 6.57.